The monoisotopic (exact) mass is 639 g/mol. The van der Waals surface area contributed by atoms with Crippen LogP contribution in [0.25, 0.3) is 16.7 Å². The van der Waals surface area contributed by atoms with Crippen LogP contribution in [-0.4, -0.2) is 50.9 Å². The van der Waals surface area contributed by atoms with E-state index in [0.717, 1.165) is 0 Å². The van der Waals surface area contributed by atoms with Gasteiger partial charge in [-0.25, -0.2) is 9.97 Å². The number of methoxy groups -OCH3 is 2. The number of anilines is 2. The number of fused-ring (bicyclic) bond motifs is 1. The fourth-order valence-corrected chi connectivity index (χ4v) is 4.83. The van der Waals surface area contributed by atoms with E-state index in [1.54, 1.807) is 72.8 Å². The summed E-state index contributed by atoms with van der Waals surface area (Å²) in [5, 5.41) is 40.3. The highest BCUT2D eigenvalue weighted by Crippen LogP contribution is 2.41. The van der Waals surface area contributed by atoms with Gasteiger partial charge in [0.25, 0.3) is 17.8 Å². The Kier molecular flexibility index (Phi) is 8.66. The zero-order valence-corrected chi connectivity index (χ0v) is 25.4. The van der Waals surface area contributed by atoms with Gasteiger partial charge >= 0.3 is 0 Å². The molecule has 14 heteroatoms. The Morgan fingerprint density at radius 2 is 1.50 bits per heavy atom. The molecule has 2 heterocycles. The van der Waals surface area contributed by atoms with Crippen LogP contribution in [-0.2, 0) is 0 Å². The minimum Gasteiger partial charge on any atom is -0.505 e. The number of hydrogen-bond donors (Lipinski definition) is 3. The summed E-state index contributed by atoms with van der Waals surface area (Å²) in [6.45, 7) is 0. The first-order chi connectivity index (χ1) is 23.4. The fourth-order valence-electron chi connectivity index (χ4n) is 4.83. The van der Waals surface area contributed by atoms with Gasteiger partial charge in [-0.2, -0.15) is 15.0 Å². The van der Waals surface area contributed by atoms with Crippen molar-refractivity contribution in [1.82, 2.24) is 19.7 Å². The molecule has 3 N–H and O–H groups in total. The van der Waals surface area contributed by atoms with Crippen LogP contribution < -0.4 is 20.1 Å². The largest absolute Gasteiger partial charge is 0.505 e. The predicted molar refractivity (Wildman–Crippen MR) is 176 cm³/mol. The lowest BCUT2D eigenvalue weighted by atomic mass is 10.00. The van der Waals surface area contributed by atoms with E-state index < -0.39 is 17.6 Å². The molecule has 0 saturated carbocycles. The number of carbonyl (C=O) groups excluding carboxylic acids is 2. The van der Waals surface area contributed by atoms with Crippen molar-refractivity contribution in [3.05, 3.63) is 114 Å². The average Bonchev–Trinajstić information content (AvgIpc) is 3.54. The molecule has 0 saturated heterocycles. The van der Waals surface area contributed by atoms with Crippen molar-refractivity contribution in [1.29, 1.82) is 5.26 Å². The molecule has 0 spiro atoms. The lowest BCUT2D eigenvalue weighted by molar-refractivity contribution is 0.101. The van der Waals surface area contributed by atoms with Crippen LogP contribution in [0, 0.1) is 11.3 Å². The average molecular weight is 640 g/mol. The Labute approximate surface area is 272 Å². The summed E-state index contributed by atoms with van der Waals surface area (Å²) in [4.78, 5) is 35.3. The number of hydrogen-bond acceptors (Lipinski definition) is 11. The molecule has 0 aliphatic heterocycles. The Morgan fingerprint density at radius 3 is 2.15 bits per heavy atom. The first-order valence-electron chi connectivity index (χ1n) is 14.3. The summed E-state index contributed by atoms with van der Waals surface area (Å²) in [5.74, 6) is -0.605. The smallest absolute Gasteiger partial charge is 0.259 e. The Bertz CT molecular complexity index is 2240. The highest BCUT2D eigenvalue weighted by molar-refractivity contribution is 6.14. The second kappa shape index (κ2) is 13.5. The molecular weight excluding hydrogens is 614 g/mol. The van der Waals surface area contributed by atoms with Crippen molar-refractivity contribution < 1.29 is 24.2 Å². The summed E-state index contributed by atoms with van der Waals surface area (Å²) in [5.41, 5.74) is 0.891. The summed E-state index contributed by atoms with van der Waals surface area (Å²) in [7, 11) is 2.97. The maximum Gasteiger partial charge on any atom is 0.259 e. The van der Waals surface area contributed by atoms with E-state index in [9.17, 15) is 20.0 Å². The number of carbonyl (C=O) groups is 2. The van der Waals surface area contributed by atoms with Crippen LogP contribution in [0.1, 0.15) is 26.3 Å². The molecule has 0 radical (unpaired) electrons. The fraction of sp³-hybridized carbons (Fsp3) is 0.0588. The Morgan fingerprint density at radius 1 is 0.854 bits per heavy atom. The molecule has 6 aromatic rings. The van der Waals surface area contributed by atoms with Crippen LogP contribution in [0.15, 0.2) is 108 Å². The van der Waals surface area contributed by atoms with E-state index in [4.69, 9.17) is 9.47 Å². The van der Waals surface area contributed by atoms with Gasteiger partial charge in [-0.15, -0.1) is 10.2 Å². The number of ether oxygens (including phenoxy) is 2. The van der Waals surface area contributed by atoms with Crippen molar-refractivity contribution in [2.45, 2.75) is 0 Å². The number of azo groups is 1. The van der Waals surface area contributed by atoms with Gasteiger partial charge in [0, 0.05) is 23.3 Å². The van der Waals surface area contributed by atoms with Gasteiger partial charge in [-0.1, -0.05) is 30.3 Å². The number of benzene rings is 4. The quantitative estimate of drug-likeness (QED) is 0.152. The molecule has 0 aliphatic carbocycles. The van der Waals surface area contributed by atoms with E-state index in [1.165, 1.54) is 43.6 Å². The minimum atomic E-state index is -0.681. The van der Waals surface area contributed by atoms with Gasteiger partial charge in [0.2, 0.25) is 0 Å². The van der Waals surface area contributed by atoms with Gasteiger partial charge < -0.3 is 25.2 Å². The number of para-hydroxylation sites is 4. The van der Waals surface area contributed by atoms with E-state index in [0.29, 0.717) is 33.6 Å². The number of amides is 2. The molecule has 236 valence electrons. The van der Waals surface area contributed by atoms with Crippen LogP contribution >= 0.6 is 0 Å². The molecule has 0 fully saturated rings. The van der Waals surface area contributed by atoms with Gasteiger partial charge in [-0.3, -0.25) is 9.59 Å². The second-order valence-electron chi connectivity index (χ2n) is 10.0. The molecule has 14 nitrogen and oxygen atoms in total. The van der Waals surface area contributed by atoms with E-state index in [1.807, 2.05) is 6.07 Å². The number of aromatic nitrogens is 4. The molecular formula is C34H25N9O5. The summed E-state index contributed by atoms with van der Waals surface area (Å²) >= 11 is 0. The highest BCUT2D eigenvalue weighted by atomic mass is 16.5. The summed E-state index contributed by atoms with van der Waals surface area (Å²) in [6, 6.07) is 23.5. The molecule has 48 heavy (non-hydrogen) atoms. The molecule has 0 bridgehead atoms. The van der Waals surface area contributed by atoms with Crippen LogP contribution in [0.3, 0.4) is 0 Å². The Hall–Kier alpha value is -7.14. The first kappa shape index (κ1) is 30.9. The molecule has 2 aromatic heterocycles. The highest BCUT2D eigenvalue weighted by Gasteiger charge is 2.22. The molecule has 0 unspecified atom stereocenters. The standard InChI is InChI=1S/C34H25N9O5/c1-47-27-10-5-3-8-25(27)39-32(45)20-12-13-23-21(16-20)17-24(33(46)40-26-9-4-6-11-28(26)48-2)30(44)29(23)41-42-31-22(18-35)19-38-43(31)34-36-14-7-15-37-34/h3-17,19,44H,1-2H3,(H,39,45)(H,40,46)/b42-41+. The number of nitriles is 1. The van der Waals surface area contributed by atoms with Crippen molar-refractivity contribution >= 4 is 45.5 Å². The van der Waals surface area contributed by atoms with E-state index in [2.05, 4.69) is 35.9 Å². The third kappa shape index (κ3) is 6.06. The zero-order chi connectivity index (χ0) is 33.6. The maximum absolute atomic E-state index is 13.6. The molecule has 0 atom stereocenters. The lowest BCUT2D eigenvalue weighted by Gasteiger charge is -2.14. The molecule has 2 amide bonds. The van der Waals surface area contributed by atoms with Crippen LogP contribution in [0.5, 0.6) is 17.2 Å². The number of rotatable bonds is 9. The summed E-state index contributed by atoms with van der Waals surface area (Å²) in [6.07, 6.45) is 4.29. The first-order valence-corrected chi connectivity index (χ1v) is 14.3. The predicted octanol–water partition coefficient (Wildman–Crippen LogP) is 6.33. The zero-order valence-electron chi connectivity index (χ0n) is 25.4. The SMILES string of the molecule is COc1ccccc1NC(=O)c1ccc2c(/N=N/c3c(C#N)cnn3-c3ncccn3)c(O)c(C(=O)Nc3ccccc3OC)cc2c1. The van der Waals surface area contributed by atoms with Gasteiger partial charge in [0.05, 0.1) is 37.4 Å². The normalized spacial score (nSPS) is 10.9. The number of nitrogens with one attached hydrogen (secondary N) is 2. The summed E-state index contributed by atoms with van der Waals surface area (Å²) < 4.78 is 11.9. The van der Waals surface area contributed by atoms with Gasteiger partial charge in [0.15, 0.2) is 11.6 Å². The van der Waals surface area contributed by atoms with Gasteiger partial charge in [-0.05, 0) is 53.9 Å². The van der Waals surface area contributed by atoms with E-state index >= 15 is 0 Å². The van der Waals surface area contributed by atoms with Crippen molar-refractivity contribution in [3.8, 4) is 29.3 Å². The number of phenolic OH excluding ortho intramolecular Hbond substituents is 1. The number of aromatic hydroxyl groups is 1. The second-order valence-corrected chi connectivity index (χ2v) is 10.0. The van der Waals surface area contributed by atoms with E-state index in [-0.39, 0.29) is 34.1 Å². The molecule has 0 aliphatic rings. The Balaban J connectivity index is 1.47. The molecule has 4 aromatic carbocycles. The maximum atomic E-state index is 13.6. The third-order valence-corrected chi connectivity index (χ3v) is 7.15. The lowest BCUT2D eigenvalue weighted by Crippen LogP contribution is -2.14. The van der Waals surface area contributed by atoms with Crippen LogP contribution in [0.4, 0.5) is 22.9 Å². The number of phenols is 1. The van der Waals surface area contributed by atoms with Crippen LogP contribution in [0.2, 0.25) is 0 Å². The number of nitrogens with zero attached hydrogens (tertiary/aromatic N) is 7. The van der Waals surface area contributed by atoms with Crippen molar-refractivity contribution in [2.24, 2.45) is 10.2 Å². The molecule has 6 rings (SSSR count). The van der Waals surface area contributed by atoms with Gasteiger partial charge in [0.1, 0.15) is 28.8 Å². The van der Waals surface area contributed by atoms with Crippen molar-refractivity contribution in [2.75, 3.05) is 24.9 Å². The minimum absolute atomic E-state index is 0.00654. The topological polar surface area (TPSA) is 189 Å². The van der Waals surface area contributed by atoms with Crippen molar-refractivity contribution in [3.63, 3.8) is 0 Å². The third-order valence-electron chi connectivity index (χ3n) is 7.15.